The van der Waals surface area contributed by atoms with Crippen LogP contribution >= 0.6 is 0 Å². The van der Waals surface area contributed by atoms with Crippen LogP contribution in [0.5, 0.6) is 0 Å². The number of hydrogen-bond donors (Lipinski definition) is 1. The summed E-state index contributed by atoms with van der Waals surface area (Å²) in [4.78, 5) is 2.31. The molecule has 1 aromatic heterocycles. The molecule has 19 heavy (non-hydrogen) atoms. The lowest BCUT2D eigenvalue weighted by atomic mass is 10.1. The average Bonchev–Trinajstić information content (AvgIpc) is 2.88. The van der Waals surface area contributed by atoms with Crippen molar-refractivity contribution in [1.82, 2.24) is 15.1 Å². The van der Waals surface area contributed by atoms with E-state index in [-0.39, 0.29) is 5.82 Å². The second-order valence-electron chi connectivity index (χ2n) is 4.68. The van der Waals surface area contributed by atoms with Gasteiger partial charge in [-0.25, -0.2) is 4.39 Å². The molecule has 100 valence electrons. The van der Waals surface area contributed by atoms with Crippen molar-refractivity contribution in [2.75, 3.05) is 26.3 Å². The van der Waals surface area contributed by atoms with E-state index >= 15 is 0 Å². The summed E-state index contributed by atoms with van der Waals surface area (Å²) in [6.45, 7) is 4.27. The second kappa shape index (κ2) is 5.50. The molecule has 0 atom stereocenters. The fourth-order valence-corrected chi connectivity index (χ4v) is 2.24. The van der Waals surface area contributed by atoms with E-state index in [1.807, 2.05) is 12.1 Å². The molecule has 0 unspecified atom stereocenters. The molecule has 1 aromatic carbocycles. The van der Waals surface area contributed by atoms with E-state index in [1.54, 1.807) is 6.07 Å². The first kappa shape index (κ1) is 12.3. The van der Waals surface area contributed by atoms with Crippen molar-refractivity contribution in [2.24, 2.45) is 0 Å². The second-order valence-corrected chi connectivity index (χ2v) is 4.68. The summed E-state index contributed by atoms with van der Waals surface area (Å²) in [5.74, 6) is -0.241. The molecule has 1 aliphatic rings. The zero-order valence-electron chi connectivity index (χ0n) is 10.6. The molecule has 2 heterocycles. The minimum absolute atomic E-state index is 0.241. The predicted molar refractivity (Wildman–Crippen MR) is 70.1 cm³/mol. The van der Waals surface area contributed by atoms with E-state index in [4.69, 9.17) is 4.74 Å². The van der Waals surface area contributed by atoms with Crippen molar-refractivity contribution in [3.8, 4) is 11.3 Å². The first-order chi connectivity index (χ1) is 9.31. The van der Waals surface area contributed by atoms with Crippen LogP contribution in [-0.4, -0.2) is 41.4 Å². The van der Waals surface area contributed by atoms with Crippen molar-refractivity contribution in [1.29, 1.82) is 0 Å². The number of morpholine rings is 1. The Labute approximate surface area is 111 Å². The predicted octanol–water partition coefficient (Wildman–Crippen LogP) is 2.05. The molecule has 0 radical (unpaired) electrons. The fourth-order valence-electron chi connectivity index (χ4n) is 2.24. The standard InChI is InChI=1S/C14H16FN3O/c15-12-3-1-2-11(8-12)14-9-13(16-17-14)10-18-4-6-19-7-5-18/h1-3,8-9H,4-7,10H2,(H,16,17). The fraction of sp³-hybridized carbons (Fsp3) is 0.357. The van der Waals surface area contributed by atoms with Crippen molar-refractivity contribution < 1.29 is 9.13 Å². The van der Waals surface area contributed by atoms with Gasteiger partial charge < -0.3 is 4.74 Å². The van der Waals surface area contributed by atoms with Crippen LogP contribution in [0.2, 0.25) is 0 Å². The number of aromatic nitrogens is 2. The number of benzene rings is 1. The third-order valence-electron chi connectivity index (χ3n) is 3.25. The van der Waals surface area contributed by atoms with Crippen molar-refractivity contribution >= 4 is 0 Å². The summed E-state index contributed by atoms with van der Waals surface area (Å²) in [6, 6.07) is 8.46. The van der Waals surface area contributed by atoms with Crippen molar-refractivity contribution in [3.05, 3.63) is 41.8 Å². The van der Waals surface area contributed by atoms with E-state index in [0.717, 1.165) is 49.8 Å². The number of H-pyrrole nitrogens is 1. The van der Waals surface area contributed by atoms with Gasteiger partial charge in [-0.1, -0.05) is 12.1 Å². The molecule has 0 saturated carbocycles. The first-order valence-electron chi connectivity index (χ1n) is 6.41. The van der Waals surface area contributed by atoms with E-state index in [1.165, 1.54) is 12.1 Å². The summed E-state index contributed by atoms with van der Waals surface area (Å²) in [5.41, 5.74) is 2.62. The highest BCUT2D eigenvalue weighted by molar-refractivity contribution is 5.59. The Kier molecular flexibility index (Phi) is 3.57. The molecule has 5 heteroatoms. The quantitative estimate of drug-likeness (QED) is 0.919. The molecule has 0 aliphatic carbocycles. The molecule has 3 rings (SSSR count). The number of aromatic amines is 1. The number of ether oxygens (including phenoxy) is 1. The smallest absolute Gasteiger partial charge is 0.123 e. The maximum absolute atomic E-state index is 13.2. The molecule has 1 aliphatic heterocycles. The largest absolute Gasteiger partial charge is 0.379 e. The van der Waals surface area contributed by atoms with Crippen LogP contribution in [0.25, 0.3) is 11.3 Å². The molecule has 1 fully saturated rings. The minimum atomic E-state index is -0.241. The molecule has 2 aromatic rings. The monoisotopic (exact) mass is 261 g/mol. The van der Waals surface area contributed by atoms with E-state index in [9.17, 15) is 4.39 Å². The lowest BCUT2D eigenvalue weighted by Crippen LogP contribution is -2.35. The van der Waals surface area contributed by atoms with Crippen LogP contribution in [0.4, 0.5) is 4.39 Å². The SMILES string of the molecule is Fc1cccc(-c2cc(CN3CCOCC3)[nH]n2)c1. The molecule has 0 bridgehead atoms. The number of rotatable bonds is 3. The van der Waals surface area contributed by atoms with Crippen LogP contribution in [0, 0.1) is 5.82 Å². The van der Waals surface area contributed by atoms with Gasteiger partial charge in [0.05, 0.1) is 18.9 Å². The summed E-state index contributed by atoms with van der Waals surface area (Å²) >= 11 is 0. The van der Waals surface area contributed by atoms with Gasteiger partial charge in [-0.05, 0) is 18.2 Å². The number of nitrogens with one attached hydrogen (secondary N) is 1. The van der Waals surface area contributed by atoms with Gasteiger partial charge in [0.25, 0.3) is 0 Å². The highest BCUT2D eigenvalue weighted by Gasteiger charge is 2.12. The molecule has 0 spiro atoms. The van der Waals surface area contributed by atoms with Gasteiger partial charge in [0.15, 0.2) is 0 Å². The summed E-state index contributed by atoms with van der Waals surface area (Å²) in [7, 11) is 0. The van der Waals surface area contributed by atoms with Crippen LogP contribution in [0.15, 0.2) is 30.3 Å². The van der Waals surface area contributed by atoms with Crippen LogP contribution in [0.3, 0.4) is 0 Å². The zero-order chi connectivity index (χ0) is 13.1. The normalized spacial score (nSPS) is 16.7. The lowest BCUT2D eigenvalue weighted by molar-refractivity contribution is 0.0336. The van der Waals surface area contributed by atoms with Gasteiger partial charge in [0.1, 0.15) is 5.82 Å². The Balaban J connectivity index is 1.72. The Hall–Kier alpha value is -1.72. The first-order valence-corrected chi connectivity index (χ1v) is 6.41. The van der Waals surface area contributed by atoms with E-state index < -0.39 is 0 Å². The Morgan fingerprint density at radius 2 is 2.11 bits per heavy atom. The molecular weight excluding hydrogens is 245 g/mol. The summed E-state index contributed by atoms with van der Waals surface area (Å²) in [5, 5.41) is 7.26. The lowest BCUT2D eigenvalue weighted by Gasteiger charge is -2.25. The Bertz CT molecular complexity index is 549. The highest BCUT2D eigenvalue weighted by atomic mass is 19.1. The van der Waals surface area contributed by atoms with Gasteiger partial charge >= 0.3 is 0 Å². The van der Waals surface area contributed by atoms with Gasteiger partial charge in [-0.15, -0.1) is 0 Å². The molecule has 4 nitrogen and oxygen atoms in total. The van der Waals surface area contributed by atoms with E-state index in [0.29, 0.717) is 0 Å². The summed E-state index contributed by atoms with van der Waals surface area (Å²) in [6.07, 6.45) is 0. The molecular formula is C14H16FN3O. The third-order valence-corrected chi connectivity index (χ3v) is 3.25. The average molecular weight is 261 g/mol. The zero-order valence-corrected chi connectivity index (χ0v) is 10.6. The number of halogens is 1. The van der Waals surface area contributed by atoms with Crippen molar-refractivity contribution in [2.45, 2.75) is 6.54 Å². The van der Waals surface area contributed by atoms with Crippen molar-refractivity contribution in [3.63, 3.8) is 0 Å². The number of nitrogens with zero attached hydrogens (tertiary/aromatic N) is 2. The van der Waals surface area contributed by atoms with E-state index in [2.05, 4.69) is 15.1 Å². The third kappa shape index (κ3) is 3.00. The number of hydrogen-bond acceptors (Lipinski definition) is 3. The van der Waals surface area contributed by atoms with Gasteiger partial charge in [0, 0.05) is 30.9 Å². The maximum atomic E-state index is 13.2. The van der Waals surface area contributed by atoms with Gasteiger partial charge in [-0.3, -0.25) is 10.00 Å². The van der Waals surface area contributed by atoms with Crippen LogP contribution in [0.1, 0.15) is 5.69 Å². The summed E-state index contributed by atoms with van der Waals surface area (Å²) < 4.78 is 18.5. The van der Waals surface area contributed by atoms with Gasteiger partial charge in [-0.2, -0.15) is 5.10 Å². The Morgan fingerprint density at radius 3 is 2.89 bits per heavy atom. The van der Waals surface area contributed by atoms with Crippen LogP contribution < -0.4 is 0 Å². The Morgan fingerprint density at radius 1 is 1.26 bits per heavy atom. The maximum Gasteiger partial charge on any atom is 0.123 e. The minimum Gasteiger partial charge on any atom is -0.379 e. The molecule has 0 amide bonds. The molecule has 1 saturated heterocycles. The highest BCUT2D eigenvalue weighted by Crippen LogP contribution is 2.19. The molecule has 1 N–H and O–H groups in total. The topological polar surface area (TPSA) is 41.1 Å². The van der Waals surface area contributed by atoms with Gasteiger partial charge in [0.2, 0.25) is 0 Å². The van der Waals surface area contributed by atoms with Crippen LogP contribution in [-0.2, 0) is 11.3 Å².